The van der Waals surface area contributed by atoms with E-state index in [2.05, 4.69) is 26.2 Å². The van der Waals surface area contributed by atoms with Crippen LogP contribution in [-0.2, 0) is 17.1 Å². The fourth-order valence-corrected chi connectivity index (χ4v) is 4.43. The van der Waals surface area contributed by atoms with Crippen molar-refractivity contribution in [2.45, 2.75) is 17.7 Å². The molecule has 1 N–H and O–H groups in total. The van der Waals surface area contributed by atoms with Crippen LogP contribution in [0.4, 0.5) is 5.82 Å². The third-order valence-electron chi connectivity index (χ3n) is 3.88. The molecular weight excluding hydrogens is 396 g/mol. The van der Waals surface area contributed by atoms with Crippen LogP contribution in [0.25, 0.3) is 0 Å². The minimum atomic E-state index is -3.54. The number of pyridine rings is 1. The second-order valence-corrected chi connectivity index (χ2v) is 8.45. The number of sulfonamides is 1. The molecule has 3 heterocycles. The Morgan fingerprint density at radius 1 is 1.29 bits per heavy atom. The average Bonchev–Trinajstić information content (AvgIpc) is 3.19. The first-order valence-electron chi connectivity index (χ1n) is 7.47. The number of aromatic nitrogens is 2. The molecule has 1 amide bonds. The van der Waals surface area contributed by atoms with Crippen molar-refractivity contribution in [2.75, 3.05) is 18.4 Å². The molecule has 1 fully saturated rings. The number of hydrogen-bond acceptors (Lipinski definition) is 4. The minimum Gasteiger partial charge on any atom is -0.345 e. The van der Waals surface area contributed by atoms with Gasteiger partial charge < -0.3 is 9.88 Å². The van der Waals surface area contributed by atoms with Gasteiger partial charge in [-0.05, 0) is 47.0 Å². The smallest absolute Gasteiger partial charge is 0.273 e. The zero-order valence-electron chi connectivity index (χ0n) is 13.1. The fourth-order valence-electron chi connectivity index (χ4n) is 2.61. The second kappa shape index (κ2) is 6.66. The van der Waals surface area contributed by atoms with Crippen LogP contribution in [0.1, 0.15) is 23.3 Å². The van der Waals surface area contributed by atoms with E-state index in [0.29, 0.717) is 18.9 Å². The Kier molecular flexibility index (Phi) is 4.75. The quantitative estimate of drug-likeness (QED) is 0.833. The molecule has 9 heteroatoms. The summed E-state index contributed by atoms with van der Waals surface area (Å²) in [5.74, 6) is -0.0106. The predicted octanol–water partition coefficient (Wildman–Crippen LogP) is 2.22. The van der Waals surface area contributed by atoms with E-state index in [4.69, 9.17) is 0 Å². The molecule has 24 heavy (non-hydrogen) atoms. The van der Waals surface area contributed by atoms with E-state index in [0.717, 1.165) is 17.3 Å². The lowest BCUT2D eigenvalue weighted by molar-refractivity contribution is 0.101. The number of hydrogen-bond donors (Lipinski definition) is 1. The Morgan fingerprint density at radius 2 is 2.00 bits per heavy atom. The third kappa shape index (κ3) is 3.38. The monoisotopic (exact) mass is 412 g/mol. The highest BCUT2D eigenvalue weighted by Crippen LogP contribution is 2.23. The fraction of sp³-hybridized carbons (Fsp3) is 0.333. The summed E-state index contributed by atoms with van der Waals surface area (Å²) in [4.78, 5) is 16.6. The van der Waals surface area contributed by atoms with Crippen LogP contribution in [0.5, 0.6) is 0 Å². The lowest BCUT2D eigenvalue weighted by Crippen LogP contribution is -2.27. The average molecular weight is 413 g/mol. The molecule has 1 aliphatic rings. The van der Waals surface area contributed by atoms with Crippen molar-refractivity contribution in [3.8, 4) is 0 Å². The van der Waals surface area contributed by atoms with Gasteiger partial charge in [0, 0.05) is 37.0 Å². The van der Waals surface area contributed by atoms with E-state index in [9.17, 15) is 13.2 Å². The molecule has 1 aliphatic heterocycles. The standard InChI is InChI=1S/C15H17BrN4O3S/c1-19-10-12(24(22,23)20-6-2-3-7-20)8-13(19)15(21)18-14-5-4-11(16)9-17-14/h4-5,8-10H,2-3,6-7H2,1H3,(H,17,18,21). The summed E-state index contributed by atoms with van der Waals surface area (Å²) in [5, 5.41) is 2.66. The Labute approximate surface area is 148 Å². The second-order valence-electron chi connectivity index (χ2n) is 5.60. The summed E-state index contributed by atoms with van der Waals surface area (Å²) in [6.45, 7) is 1.06. The lowest BCUT2D eigenvalue weighted by Gasteiger charge is -2.13. The van der Waals surface area contributed by atoms with Gasteiger partial charge in [-0.3, -0.25) is 4.79 Å². The molecule has 0 unspecified atom stereocenters. The molecule has 0 saturated carbocycles. The minimum absolute atomic E-state index is 0.140. The first kappa shape index (κ1) is 17.1. The molecule has 2 aromatic heterocycles. The van der Waals surface area contributed by atoms with Crippen molar-refractivity contribution >= 4 is 37.7 Å². The molecule has 3 rings (SSSR count). The van der Waals surface area contributed by atoms with Gasteiger partial charge in [-0.1, -0.05) is 0 Å². The van der Waals surface area contributed by atoms with E-state index in [1.807, 2.05) is 0 Å². The summed E-state index contributed by atoms with van der Waals surface area (Å²) in [6, 6.07) is 4.82. The SMILES string of the molecule is Cn1cc(S(=O)(=O)N2CCCC2)cc1C(=O)Nc1ccc(Br)cn1. The maximum absolute atomic E-state index is 12.6. The lowest BCUT2D eigenvalue weighted by atomic mass is 10.4. The van der Waals surface area contributed by atoms with Crippen molar-refractivity contribution < 1.29 is 13.2 Å². The first-order valence-corrected chi connectivity index (χ1v) is 9.70. The number of carbonyl (C=O) groups is 1. The van der Waals surface area contributed by atoms with E-state index in [1.54, 1.807) is 25.4 Å². The molecule has 0 spiro atoms. The third-order valence-corrected chi connectivity index (χ3v) is 6.22. The number of rotatable bonds is 4. The van der Waals surface area contributed by atoms with Gasteiger partial charge in [-0.25, -0.2) is 13.4 Å². The van der Waals surface area contributed by atoms with Crippen molar-refractivity contribution in [2.24, 2.45) is 7.05 Å². The van der Waals surface area contributed by atoms with Gasteiger partial charge >= 0.3 is 0 Å². The Balaban J connectivity index is 1.83. The Bertz CT molecular complexity index is 855. The number of nitrogens with zero attached hydrogens (tertiary/aromatic N) is 3. The van der Waals surface area contributed by atoms with Gasteiger partial charge in [0.2, 0.25) is 10.0 Å². The highest BCUT2D eigenvalue weighted by atomic mass is 79.9. The van der Waals surface area contributed by atoms with Crippen molar-refractivity contribution in [3.63, 3.8) is 0 Å². The summed E-state index contributed by atoms with van der Waals surface area (Å²) in [7, 11) is -1.90. The van der Waals surface area contributed by atoms with Crippen molar-refractivity contribution in [1.29, 1.82) is 0 Å². The van der Waals surface area contributed by atoms with Crippen LogP contribution >= 0.6 is 15.9 Å². The van der Waals surface area contributed by atoms with Crippen LogP contribution < -0.4 is 5.32 Å². The Hall–Kier alpha value is -1.71. The summed E-state index contributed by atoms with van der Waals surface area (Å²) in [5.41, 5.74) is 0.262. The van der Waals surface area contributed by atoms with E-state index in [1.165, 1.54) is 21.1 Å². The molecule has 0 atom stereocenters. The molecule has 128 valence electrons. The molecule has 7 nitrogen and oxygen atoms in total. The van der Waals surface area contributed by atoms with E-state index >= 15 is 0 Å². The van der Waals surface area contributed by atoms with Crippen LogP contribution in [0.3, 0.4) is 0 Å². The summed E-state index contributed by atoms with van der Waals surface area (Å²) >= 11 is 3.27. The van der Waals surface area contributed by atoms with Crippen LogP contribution in [0.15, 0.2) is 40.0 Å². The zero-order valence-corrected chi connectivity index (χ0v) is 15.5. The number of halogens is 1. The predicted molar refractivity (Wildman–Crippen MR) is 93.3 cm³/mol. The van der Waals surface area contributed by atoms with Gasteiger partial charge in [0.05, 0.1) is 0 Å². The molecule has 0 radical (unpaired) electrons. The first-order chi connectivity index (χ1) is 11.4. The topological polar surface area (TPSA) is 84.3 Å². The number of carbonyl (C=O) groups excluding carboxylic acids is 1. The normalized spacial score (nSPS) is 15.6. The van der Waals surface area contributed by atoms with Gasteiger partial charge in [0.1, 0.15) is 16.4 Å². The molecule has 1 saturated heterocycles. The van der Waals surface area contributed by atoms with Gasteiger partial charge in [0.15, 0.2) is 0 Å². The molecule has 0 bridgehead atoms. The molecule has 0 aromatic carbocycles. The van der Waals surface area contributed by atoms with Crippen molar-refractivity contribution in [3.05, 3.63) is 40.8 Å². The van der Waals surface area contributed by atoms with Gasteiger partial charge in [0.25, 0.3) is 5.91 Å². The highest BCUT2D eigenvalue weighted by Gasteiger charge is 2.29. The maximum Gasteiger partial charge on any atom is 0.273 e. The summed E-state index contributed by atoms with van der Waals surface area (Å²) in [6.07, 6.45) is 4.78. The number of aryl methyl sites for hydroxylation is 1. The van der Waals surface area contributed by atoms with Gasteiger partial charge in [-0.15, -0.1) is 0 Å². The number of nitrogens with one attached hydrogen (secondary N) is 1. The summed E-state index contributed by atoms with van der Waals surface area (Å²) < 4.78 is 28.9. The van der Waals surface area contributed by atoms with E-state index < -0.39 is 15.9 Å². The molecule has 0 aliphatic carbocycles. The highest BCUT2D eigenvalue weighted by molar-refractivity contribution is 9.10. The number of amides is 1. The largest absolute Gasteiger partial charge is 0.345 e. The Morgan fingerprint density at radius 3 is 2.62 bits per heavy atom. The van der Waals surface area contributed by atoms with Crippen LogP contribution in [0, 0.1) is 0 Å². The number of anilines is 1. The molecule has 2 aromatic rings. The maximum atomic E-state index is 12.6. The van der Waals surface area contributed by atoms with Crippen molar-refractivity contribution in [1.82, 2.24) is 13.9 Å². The van der Waals surface area contributed by atoms with Crippen LogP contribution in [-0.4, -0.2) is 41.3 Å². The van der Waals surface area contributed by atoms with E-state index in [-0.39, 0.29) is 10.6 Å². The van der Waals surface area contributed by atoms with Gasteiger partial charge in [-0.2, -0.15) is 4.31 Å². The van der Waals surface area contributed by atoms with Crippen LogP contribution in [0.2, 0.25) is 0 Å². The zero-order chi connectivity index (χ0) is 17.3. The molecular formula is C15H17BrN4O3S.